The Morgan fingerprint density at radius 2 is 1.91 bits per heavy atom. The second-order valence-electron chi connectivity index (χ2n) is 5.82. The third-order valence-electron chi connectivity index (χ3n) is 3.02. The van der Waals surface area contributed by atoms with Crippen LogP contribution < -0.4 is 9.47 Å². The van der Waals surface area contributed by atoms with Crippen molar-refractivity contribution in [1.82, 2.24) is 0 Å². The topological polar surface area (TPSA) is 57.1 Å². The Morgan fingerprint density at radius 1 is 1.23 bits per heavy atom. The van der Waals surface area contributed by atoms with Gasteiger partial charge in [-0.2, -0.15) is 0 Å². The van der Waals surface area contributed by atoms with E-state index in [-0.39, 0.29) is 11.1 Å². The van der Waals surface area contributed by atoms with Crippen molar-refractivity contribution in [2.45, 2.75) is 20.8 Å². The number of hydrogen-bond acceptors (Lipinski definition) is 5. The maximum atomic E-state index is 11.9. The van der Waals surface area contributed by atoms with E-state index in [9.17, 15) is 4.79 Å². The molecule has 0 fully saturated rings. The van der Waals surface area contributed by atoms with Crippen molar-refractivity contribution in [3.63, 3.8) is 0 Å². The lowest BCUT2D eigenvalue weighted by Crippen LogP contribution is -2.21. The number of nitrogens with zero attached hydrogens (tertiary/aromatic N) is 1. The van der Waals surface area contributed by atoms with Crippen LogP contribution in [-0.4, -0.2) is 26.1 Å². The number of esters is 1. The molecule has 0 aromatic heterocycles. The highest BCUT2D eigenvalue weighted by Gasteiger charge is 2.31. The van der Waals surface area contributed by atoms with Crippen molar-refractivity contribution in [3.05, 3.63) is 28.4 Å². The lowest BCUT2D eigenvalue weighted by molar-refractivity contribution is -0.130. The molecule has 1 aromatic rings. The van der Waals surface area contributed by atoms with Gasteiger partial charge >= 0.3 is 5.97 Å². The van der Waals surface area contributed by atoms with Gasteiger partial charge in [0.25, 0.3) is 0 Å². The van der Waals surface area contributed by atoms with Crippen LogP contribution in [0.25, 0.3) is 6.08 Å². The lowest BCUT2D eigenvalue weighted by Gasteiger charge is -2.15. The van der Waals surface area contributed by atoms with E-state index in [1.807, 2.05) is 20.8 Å². The minimum atomic E-state index is -0.476. The molecular formula is C16H18ClNO4. The van der Waals surface area contributed by atoms with Gasteiger partial charge in [0.15, 0.2) is 17.2 Å². The van der Waals surface area contributed by atoms with Gasteiger partial charge in [-0.25, -0.2) is 9.79 Å². The summed E-state index contributed by atoms with van der Waals surface area (Å²) < 4.78 is 15.6. The molecule has 0 saturated heterocycles. The number of carbonyl (C=O) groups is 1. The molecule has 0 bridgehead atoms. The first kappa shape index (κ1) is 16.4. The summed E-state index contributed by atoms with van der Waals surface area (Å²) in [6.45, 7) is 5.78. The van der Waals surface area contributed by atoms with Gasteiger partial charge in [-0.3, -0.25) is 0 Å². The minimum Gasteiger partial charge on any atom is -0.493 e. The quantitative estimate of drug-likeness (QED) is 0.628. The zero-order valence-electron chi connectivity index (χ0n) is 13.2. The highest BCUT2D eigenvalue weighted by molar-refractivity contribution is 6.32. The number of hydrogen-bond donors (Lipinski definition) is 0. The average Bonchev–Trinajstić information content (AvgIpc) is 2.79. The summed E-state index contributed by atoms with van der Waals surface area (Å²) >= 11 is 6.15. The van der Waals surface area contributed by atoms with Crippen molar-refractivity contribution in [1.29, 1.82) is 0 Å². The van der Waals surface area contributed by atoms with Gasteiger partial charge in [0.05, 0.1) is 19.2 Å². The van der Waals surface area contributed by atoms with E-state index in [2.05, 4.69) is 4.99 Å². The van der Waals surface area contributed by atoms with Crippen LogP contribution in [0, 0.1) is 5.41 Å². The predicted octanol–water partition coefficient (Wildman–Crippen LogP) is 3.70. The van der Waals surface area contributed by atoms with E-state index in [4.69, 9.17) is 25.8 Å². The second-order valence-corrected chi connectivity index (χ2v) is 6.23. The van der Waals surface area contributed by atoms with Crippen LogP contribution >= 0.6 is 11.6 Å². The normalized spacial score (nSPS) is 16.5. The molecule has 0 atom stereocenters. The van der Waals surface area contributed by atoms with Crippen molar-refractivity contribution < 1.29 is 19.0 Å². The maximum Gasteiger partial charge on any atom is 0.363 e. The standard InChI is InChI=1S/C16H18ClNO4/c1-16(2,3)15-18-11(14(19)22-15)7-9-6-10(17)13(21-5)12(8-9)20-4/h6-8H,1-5H3/b11-7-. The van der Waals surface area contributed by atoms with Gasteiger partial charge in [0, 0.05) is 5.41 Å². The number of ether oxygens (including phenoxy) is 3. The lowest BCUT2D eigenvalue weighted by atomic mass is 9.97. The fraction of sp³-hybridized carbons (Fsp3) is 0.375. The third-order valence-corrected chi connectivity index (χ3v) is 3.30. The van der Waals surface area contributed by atoms with Crippen molar-refractivity contribution >= 4 is 29.5 Å². The molecule has 2 rings (SSSR count). The Balaban J connectivity index is 2.44. The molecule has 0 saturated carbocycles. The summed E-state index contributed by atoms with van der Waals surface area (Å²) in [6, 6.07) is 3.39. The Hall–Kier alpha value is -2.01. The number of aliphatic imine (C=N–C) groups is 1. The SMILES string of the molecule is COc1cc(/C=C2\N=C(C(C)(C)C)OC2=O)cc(Cl)c1OC. The Kier molecular flexibility index (Phi) is 4.47. The van der Waals surface area contributed by atoms with Crippen LogP contribution in [0.1, 0.15) is 26.3 Å². The number of cyclic esters (lactones) is 1. The molecule has 0 spiro atoms. The number of carbonyl (C=O) groups excluding carboxylic acids is 1. The molecule has 1 heterocycles. The van der Waals surface area contributed by atoms with E-state index < -0.39 is 5.97 Å². The molecule has 0 N–H and O–H groups in total. The first-order valence-corrected chi connectivity index (χ1v) is 7.08. The summed E-state index contributed by atoms with van der Waals surface area (Å²) in [5.74, 6) is 0.846. The summed E-state index contributed by atoms with van der Waals surface area (Å²) in [5.41, 5.74) is 0.572. The van der Waals surface area contributed by atoms with Gasteiger partial charge in [-0.1, -0.05) is 32.4 Å². The van der Waals surface area contributed by atoms with E-state index in [0.717, 1.165) is 0 Å². The molecule has 1 aromatic carbocycles. The fourth-order valence-electron chi connectivity index (χ4n) is 1.91. The first-order chi connectivity index (χ1) is 10.3. The van der Waals surface area contributed by atoms with Crippen molar-refractivity contribution in [3.8, 4) is 11.5 Å². The van der Waals surface area contributed by atoms with Crippen LogP contribution in [0.4, 0.5) is 0 Å². The summed E-state index contributed by atoms with van der Waals surface area (Å²) in [7, 11) is 3.03. The fourth-order valence-corrected chi connectivity index (χ4v) is 2.21. The maximum absolute atomic E-state index is 11.9. The molecular weight excluding hydrogens is 306 g/mol. The van der Waals surface area contributed by atoms with Crippen LogP contribution in [0.15, 0.2) is 22.8 Å². The number of benzene rings is 1. The smallest absolute Gasteiger partial charge is 0.363 e. The summed E-state index contributed by atoms with van der Waals surface area (Å²) in [4.78, 5) is 16.2. The number of halogens is 1. The van der Waals surface area contributed by atoms with Gasteiger partial charge in [0.1, 0.15) is 0 Å². The van der Waals surface area contributed by atoms with E-state index in [1.54, 1.807) is 18.2 Å². The third kappa shape index (κ3) is 3.25. The van der Waals surface area contributed by atoms with Crippen LogP contribution in [0.5, 0.6) is 11.5 Å². The molecule has 1 aliphatic rings. The molecule has 0 unspecified atom stereocenters. The van der Waals surface area contributed by atoms with E-state index in [0.29, 0.717) is 28.0 Å². The molecule has 0 radical (unpaired) electrons. The second kappa shape index (κ2) is 6.01. The van der Waals surface area contributed by atoms with Gasteiger partial charge < -0.3 is 14.2 Å². The van der Waals surface area contributed by atoms with Gasteiger partial charge in [-0.05, 0) is 23.8 Å². The number of rotatable bonds is 3. The van der Waals surface area contributed by atoms with Crippen LogP contribution in [-0.2, 0) is 9.53 Å². The summed E-state index contributed by atoms with van der Waals surface area (Å²) in [5, 5.41) is 0.389. The zero-order chi connectivity index (χ0) is 16.5. The average molecular weight is 324 g/mol. The molecule has 118 valence electrons. The largest absolute Gasteiger partial charge is 0.493 e. The molecule has 6 heteroatoms. The van der Waals surface area contributed by atoms with Crippen LogP contribution in [0.2, 0.25) is 5.02 Å². The molecule has 22 heavy (non-hydrogen) atoms. The first-order valence-electron chi connectivity index (χ1n) is 6.71. The van der Waals surface area contributed by atoms with Gasteiger partial charge in [0.2, 0.25) is 5.90 Å². The Bertz CT molecular complexity index is 671. The monoisotopic (exact) mass is 323 g/mol. The van der Waals surface area contributed by atoms with Gasteiger partial charge in [-0.15, -0.1) is 0 Å². The minimum absolute atomic E-state index is 0.230. The molecule has 1 aliphatic heterocycles. The summed E-state index contributed by atoms with van der Waals surface area (Å²) in [6.07, 6.45) is 1.61. The van der Waals surface area contributed by atoms with E-state index in [1.165, 1.54) is 14.2 Å². The molecule has 0 aliphatic carbocycles. The van der Waals surface area contributed by atoms with Crippen molar-refractivity contribution in [2.75, 3.05) is 14.2 Å². The van der Waals surface area contributed by atoms with E-state index >= 15 is 0 Å². The van der Waals surface area contributed by atoms with Crippen LogP contribution in [0.3, 0.4) is 0 Å². The highest BCUT2D eigenvalue weighted by Crippen LogP contribution is 2.37. The Labute approximate surface area is 134 Å². The number of methoxy groups -OCH3 is 2. The zero-order valence-corrected chi connectivity index (χ0v) is 13.9. The Morgan fingerprint density at radius 3 is 2.41 bits per heavy atom. The van der Waals surface area contributed by atoms with Crippen molar-refractivity contribution in [2.24, 2.45) is 10.4 Å². The predicted molar refractivity (Wildman–Crippen MR) is 85.5 cm³/mol. The molecule has 0 amide bonds. The molecule has 5 nitrogen and oxygen atoms in total. The highest BCUT2D eigenvalue weighted by atomic mass is 35.5.